The normalized spacial score (nSPS) is 10.3. The molecule has 3 rings (SSSR count). The lowest BCUT2D eigenvalue weighted by molar-refractivity contribution is 0.0945. The molecular weight excluding hydrogens is 356 g/mol. The number of amides is 1. The fourth-order valence-corrected chi connectivity index (χ4v) is 2.67. The Kier molecular flexibility index (Phi) is 5.11. The number of nitrogens with zero attached hydrogens (tertiary/aromatic N) is 1. The van der Waals surface area contributed by atoms with Crippen molar-refractivity contribution in [1.82, 2.24) is 15.8 Å². The van der Waals surface area contributed by atoms with Crippen molar-refractivity contribution in [2.24, 2.45) is 0 Å². The van der Waals surface area contributed by atoms with E-state index in [9.17, 15) is 4.79 Å². The Hall–Kier alpha value is -2.70. The standard InChI is InChI=1S/C18H15ClN4OS/c1-11-10-15(14-4-2-3-5-16(14)20-11)17(24)22-23-18(25)21-13-8-6-12(19)7-9-13/h2-10H,1H3,(H,22,24)(H2,21,23,25). The van der Waals surface area contributed by atoms with Crippen LogP contribution < -0.4 is 16.2 Å². The van der Waals surface area contributed by atoms with E-state index in [1.807, 2.05) is 31.2 Å². The van der Waals surface area contributed by atoms with Gasteiger partial charge in [0.2, 0.25) is 0 Å². The number of halogens is 1. The van der Waals surface area contributed by atoms with E-state index >= 15 is 0 Å². The van der Waals surface area contributed by atoms with Gasteiger partial charge < -0.3 is 5.32 Å². The second-order valence-electron chi connectivity index (χ2n) is 5.37. The van der Waals surface area contributed by atoms with Crippen LogP contribution in [0.4, 0.5) is 5.69 Å². The minimum absolute atomic E-state index is 0.269. The molecule has 0 atom stereocenters. The van der Waals surface area contributed by atoms with Crippen LogP contribution in [-0.2, 0) is 0 Å². The smallest absolute Gasteiger partial charge is 0.270 e. The van der Waals surface area contributed by atoms with Gasteiger partial charge in [-0.05, 0) is 55.5 Å². The molecule has 0 saturated heterocycles. The number of carbonyl (C=O) groups excluding carboxylic acids is 1. The number of pyridine rings is 1. The number of thiocarbonyl (C=S) groups is 1. The minimum atomic E-state index is -0.290. The number of fused-ring (bicyclic) bond motifs is 1. The van der Waals surface area contributed by atoms with Gasteiger partial charge in [-0.1, -0.05) is 29.8 Å². The summed E-state index contributed by atoms with van der Waals surface area (Å²) in [5.41, 5.74) is 8.14. The summed E-state index contributed by atoms with van der Waals surface area (Å²) in [6, 6.07) is 16.3. The number of carbonyl (C=O) groups is 1. The van der Waals surface area contributed by atoms with Gasteiger partial charge in [-0.25, -0.2) is 0 Å². The first-order valence-electron chi connectivity index (χ1n) is 7.52. The van der Waals surface area contributed by atoms with E-state index < -0.39 is 0 Å². The van der Waals surface area contributed by atoms with Crippen molar-refractivity contribution in [1.29, 1.82) is 0 Å². The van der Waals surface area contributed by atoms with Crippen LogP contribution in [0.1, 0.15) is 16.1 Å². The summed E-state index contributed by atoms with van der Waals surface area (Å²) in [6.07, 6.45) is 0. The summed E-state index contributed by atoms with van der Waals surface area (Å²) in [5.74, 6) is -0.290. The molecule has 0 radical (unpaired) electrons. The summed E-state index contributed by atoms with van der Waals surface area (Å²) in [5, 5.41) is 4.65. The lowest BCUT2D eigenvalue weighted by Gasteiger charge is -2.13. The van der Waals surface area contributed by atoms with Crippen LogP contribution in [0, 0.1) is 6.92 Å². The minimum Gasteiger partial charge on any atom is -0.331 e. The maximum absolute atomic E-state index is 12.5. The first-order chi connectivity index (χ1) is 12.0. The Labute approximate surface area is 155 Å². The number of rotatable bonds is 2. The van der Waals surface area contributed by atoms with Gasteiger partial charge >= 0.3 is 0 Å². The highest BCUT2D eigenvalue weighted by Gasteiger charge is 2.12. The van der Waals surface area contributed by atoms with Gasteiger partial charge in [0.1, 0.15) is 0 Å². The molecule has 7 heteroatoms. The van der Waals surface area contributed by atoms with Crippen LogP contribution >= 0.6 is 23.8 Å². The third-order valence-electron chi connectivity index (χ3n) is 3.48. The van der Waals surface area contributed by atoms with Crippen LogP contribution in [0.15, 0.2) is 54.6 Å². The largest absolute Gasteiger partial charge is 0.331 e. The SMILES string of the molecule is Cc1cc(C(=O)NNC(=S)Nc2ccc(Cl)cc2)c2ccccc2n1. The first-order valence-corrected chi connectivity index (χ1v) is 8.31. The average molecular weight is 371 g/mol. The van der Waals surface area contributed by atoms with Crippen molar-refractivity contribution < 1.29 is 4.79 Å². The van der Waals surface area contributed by atoms with Crippen LogP contribution in [0.3, 0.4) is 0 Å². The molecule has 0 aliphatic carbocycles. The molecule has 0 spiro atoms. The third-order valence-corrected chi connectivity index (χ3v) is 3.94. The number of aryl methyl sites for hydroxylation is 1. The lowest BCUT2D eigenvalue weighted by Crippen LogP contribution is -2.43. The number of benzene rings is 2. The molecule has 0 aliphatic heterocycles. The zero-order valence-corrected chi connectivity index (χ0v) is 14.9. The lowest BCUT2D eigenvalue weighted by atomic mass is 10.1. The highest BCUT2D eigenvalue weighted by Crippen LogP contribution is 2.18. The summed E-state index contributed by atoms with van der Waals surface area (Å²) in [4.78, 5) is 16.9. The van der Waals surface area contributed by atoms with Crippen molar-refractivity contribution in [3.8, 4) is 0 Å². The van der Waals surface area contributed by atoms with Crippen LogP contribution in [-0.4, -0.2) is 16.0 Å². The quantitative estimate of drug-likeness (QED) is 0.472. The number of hydrazine groups is 1. The van der Waals surface area contributed by atoms with E-state index in [1.54, 1.807) is 30.3 Å². The monoisotopic (exact) mass is 370 g/mol. The molecule has 126 valence electrons. The molecule has 2 aromatic carbocycles. The second kappa shape index (κ2) is 7.46. The maximum atomic E-state index is 12.5. The Bertz CT molecular complexity index is 943. The molecule has 1 amide bonds. The van der Waals surface area contributed by atoms with E-state index in [4.69, 9.17) is 23.8 Å². The molecule has 1 aromatic heterocycles. The molecule has 3 N–H and O–H groups in total. The van der Waals surface area contributed by atoms with Gasteiger partial charge in [0, 0.05) is 21.8 Å². The van der Waals surface area contributed by atoms with E-state index in [0.717, 1.165) is 22.3 Å². The average Bonchev–Trinajstić information content (AvgIpc) is 2.61. The van der Waals surface area contributed by atoms with Gasteiger partial charge in [0.15, 0.2) is 5.11 Å². The Balaban J connectivity index is 1.68. The fraction of sp³-hybridized carbons (Fsp3) is 0.0556. The maximum Gasteiger partial charge on any atom is 0.270 e. The predicted molar refractivity (Wildman–Crippen MR) is 105 cm³/mol. The highest BCUT2D eigenvalue weighted by molar-refractivity contribution is 7.80. The summed E-state index contributed by atoms with van der Waals surface area (Å²) < 4.78 is 0. The first kappa shape index (κ1) is 17.1. The molecule has 5 nitrogen and oxygen atoms in total. The highest BCUT2D eigenvalue weighted by atomic mass is 35.5. The van der Waals surface area contributed by atoms with E-state index in [-0.39, 0.29) is 11.0 Å². The van der Waals surface area contributed by atoms with E-state index in [1.165, 1.54) is 0 Å². The zero-order chi connectivity index (χ0) is 17.8. The number of nitrogens with one attached hydrogen (secondary N) is 3. The van der Waals surface area contributed by atoms with Crippen molar-refractivity contribution in [3.05, 3.63) is 70.9 Å². The van der Waals surface area contributed by atoms with Crippen LogP contribution in [0.2, 0.25) is 5.02 Å². The molecule has 25 heavy (non-hydrogen) atoms. The van der Waals surface area contributed by atoms with Crippen molar-refractivity contribution in [3.63, 3.8) is 0 Å². The van der Waals surface area contributed by atoms with Crippen LogP contribution in [0.25, 0.3) is 10.9 Å². The van der Waals surface area contributed by atoms with Crippen molar-refractivity contribution >= 4 is 51.4 Å². The Morgan fingerprint density at radius 3 is 2.56 bits per heavy atom. The summed E-state index contributed by atoms with van der Waals surface area (Å²) >= 11 is 11.0. The number of para-hydroxylation sites is 1. The Morgan fingerprint density at radius 1 is 1.08 bits per heavy atom. The van der Waals surface area contributed by atoms with Gasteiger partial charge in [-0.15, -0.1) is 0 Å². The molecule has 0 bridgehead atoms. The third kappa shape index (κ3) is 4.23. The number of hydrogen-bond donors (Lipinski definition) is 3. The molecule has 1 heterocycles. The molecule has 3 aromatic rings. The summed E-state index contributed by atoms with van der Waals surface area (Å²) in [7, 11) is 0. The summed E-state index contributed by atoms with van der Waals surface area (Å²) in [6.45, 7) is 1.85. The number of hydrogen-bond acceptors (Lipinski definition) is 3. The van der Waals surface area contributed by atoms with Crippen molar-refractivity contribution in [2.45, 2.75) is 6.92 Å². The molecular formula is C18H15ClN4OS. The Morgan fingerprint density at radius 2 is 1.80 bits per heavy atom. The number of aromatic nitrogens is 1. The number of anilines is 1. The molecule has 0 fully saturated rings. The van der Waals surface area contributed by atoms with Gasteiger partial charge in [0.05, 0.1) is 11.1 Å². The molecule has 0 saturated carbocycles. The van der Waals surface area contributed by atoms with Gasteiger partial charge in [0.25, 0.3) is 5.91 Å². The van der Waals surface area contributed by atoms with Crippen molar-refractivity contribution in [2.75, 3.05) is 5.32 Å². The van der Waals surface area contributed by atoms with E-state index in [2.05, 4.69) is 21.2 Å². The second-order valence-corrected chi connectivity index (χ2v) is 6.21. The molecule has 0 unspecified atom stereocenters. The van der Waals surface area contributed by atoms with Gasteiger partial charge in [-0.2, -0.15) is 0 Å². The van der Waals surface area contributed by atoms with Crippen LogP contribution in [0.5, 0.6) is 0 Å². The van der Waals surface area contributed by atoms with E-state index in [0.29, 0.717) is 10.6 Å². The fourth-order valence-electron chi connectivity index (χ4n) is 2.37. The van der Waals surface area contributed by atoms with Gasteiger partial charge in [-0.3, -0.25) is 20.6 Å². The zero-order valence-electron chi connectivity index (χ0n) is 13.3. The predicted octanol–water partition coefficient (Wildman–Crippen LogP) is 3.83. The molecule has 0 aliphatic rings. The topological polar surface area (TPSA) is 66.1 Å².